The summed E-state index contributed by atoms with van der Waals surface area (Å²) in [5.41, 5.74) is 3.03. The van der Waals surface area contributed by atoms with Crippen molar-refractivity contribution in [3.05, 3.63) is 87.1 Å². The Kier molecular flexibility index (Phi) is 16.5. The molecule has 9 atom stereocenters. The SMILES string of the molecule is Cc1cc(C(=O)N[C@@H](CCC(=O)O)C(=O)NCCC(=O)NCCCN[C@H]2CC[C@@]3(C)C(=CCC4C3CC[C@@]3(C)C4CC[C@@H]3[C@H](C)CCCC(C)C)C2)ccc1-c1c2cc(F)c(=O)cc-2oc2cc(O)c(F)cc12. The highest BCUT2D eigenvalue weighted by molar-refractivity contribution is 6.04. The summed E-state index contributed by atoms with van der Waals surface area (Å²) in [7, 11) is 0. The van der Waals surface area contributed by atoms with Crippen LogP contribution in [0.25, 0.3) is 33.4 Å². The number of carboxylic acids is 1. The van der Waals surface area contributed by atoms with Crippen molar-refractivity contribution < 1.29 is 42.6 Å². The molecule has 14 heteroatoms. The lowest BCUT2D eigenvalue weighted by Crippen LogP contribution is -2.51. The van der Waals surface area contributed by atoms with Gasteiger partial charge in [0.25, 0.3) is 5.91 Å². The Balaban J connectivity index is 0.789. The average Bonchev–Trinajstić information content (AvgIpc) is 3.70. The van der Waals surface area contributed by atoms with E-state index in [4.69, 9.17) is 4.42 Å². The Morgan fingerprint density at radius 1 is 0.836 bits per heavy atom. The molecule has 8 rings (SSSR count). The van der Waals surface area contributed by atoms with E-state index in [0.29, 0.717) is 40.1 Å². The second-order valence-corrected chi connectivity index (χ2v) is 23.0. The van der Waals surface area contributed by atoms with E-state index in [-0.39, 0.29) is 53.1 Å². The fourth-order valence-electron chi connectivity index (χ4n) is 14.0. The first-order valence-corrected chi connectivity index (χ1v) is 27.0. The lowest BCUT2D eigenvalue weighted by atomic mass is 9.47. The summed E-state index contributed by atoms with van der Waals surface area (Å²) in [5, 5.41) is 31.7. The fraction of sp³-hybridized carbons (Fsp3) is 0.576. The molecule has 0 bridgehead atoms. The smallest absolute Gasteiger partial charge is 0.303 e. The third-order valence-electron chi connectivity index (χ3n) is 17.9. The lowest BCUT2D eigenvalue weighted by Gasteiger charge is -2.58. The van der Waals surface area contributed by atoms with Gasteiger partial charge < -0.3 is 35.9 Å². The van der Waals surface area contributed by atoms with E-state index in [9.17, 15) is 43.0 Å². The van der Waals surface area contributed by atoms with E-state index >= 15 is 0 Å². The van der Waals surface area contributed by atoms with Crippen LogP contribution in [0.2, 0.25) is 0 Å². The minimum atomic E-state index is -1.23. The molecule has 1 heterocycles. The summed E-state index contributed by atoms with van der Waals surface area (Å²) in [6.45, 7) is 15.4. The quantitative estimate of drug-likeness (QED) is 0.0285. The van der Waals surface area contributed by atoms with Crippen molar-refractivity contribution in [1.82, 2.24) is 21.3 Å². The van der Waals surface area contributed by atoms with Crippen molar-refractivity contribution >= 4 is 34.7 Å². The van der Waals surface area contributed by atoms with Crippen LogP contribution in [0.4, 0.5) is 8.78 Å². The second-order valence-electron chi connectivity index (χ2n) is 23.0. The molecule has 3 saturated carbocycles. The minimum Gasteiger partial charge on any atom is -0.505 e. The van der Waals surface area contributed by atoms with Gasteiger partial charge in [-0.2, -0.15) is 0 Å². The molecule has 1 aliphatic heterocycles. The van der Waals surface area contributed by atoms with Crippen LogP contribution in [0, 0.1) is 64.9 Å². The predicted octanol–water partition coefficient (Wildman–Crippen LogP) is 10.8. The van der Waals surface area contributed by atoms with E-state index in [1.54, 1.807) is 18.6 Å². The highest BCUT2D eigenvalue weighted by Crippen LogP contribution is 2.67. The molecule has 73 heavy (non-hydrogen) atoms. The van der Waals surface area contributed by atoms with Crippen LogP contribution in [0.3, 0.4) is 0 Å². The number of nitrogens with one attached hydrogen (secondary N) is 4. The van der Waals surface area contributed by atoms with Gasteiger partial charge in [0, 0.05) is 66.2 Å². The molecule has 0 spiro atoms. The zero-order valence-electron chi connectivity index (χ0n) is 43.6. The highest BCUT2D eigenvalue weighted by atomic mass is 19.1. The first kappa shape index (κ1) is 53.7. The Morgan fingerprint density at radius 3 is 2.38 bits per heavy atom. The number of aryl methyl sites for hydroxylation is 1. The molecule has 12 nitrogen and oxygen atoms in total. The molecule has 6 aliphatic rings. The molecule has 0 radical (unpaired) electrons. The van der Waals surface area contributed by atoms with Gasteiger partial charge in [-0.1, -0.05) is 71.6 Å². The molecule has 3 unspecified atom stereocenters. The third kappa shape index (κ3) is 11.5. The van der Waals surface area contributed by atoms with Gasteiger partial charge in [0.15, 0.2) is 17.4 Å². The highest BCUT2D eigenvalue weighted by Gasteiger charge is 2.59. The number of hydrogen-bond donors (Lipinski definition) is 6. The maximum Gasteiger partial charge on any atom is 0.303 e. The van der Waals surface area contributed by atoms with Gasteiger partial charge in [0.05, 0.1) is 0 Å². The molecule has 2 aromatic carbocycles. The van der Waals surface area contributed by atoms with Gasteiger partial charge in [-0.05, 0) is 159 Å². The van der Waals surface area contributed by atoms with E-state index < -0.39 is 53.1 Å². The number of fused-ring (bicyclic) bond motifs is 7. The standard InChI is InChI=1S/C59H76F2N4O8/c1-33(2)9-7-10-34(3)43-15-16-44-40-14-12-37-28-38(19-22-58(37,5)45(40)20-23-59(43,44)6)62-24-8-25-63-53(68)21-26-64-57(72)48(17-18-54(69)70)65-56(71)36-11-13-39(35(4)27-36)55-41-29-46(60)49(66)31-51(41)73-52-32-50(67)47(61)30-42(52)55/h11-13,27,29-34,38,40,43-45,48,62,66H,7-10,14-26,28H2,1-6H3,(H,63,68)(H,64,72)(H,65,71)(H,69,70)/t34-,38+,40?,43-,44?,45?,48+,58+,59-/m1/s1. The molecule has 3 fully saturated rings. The van der Waals surface area contributed by atoms with Gasteiger partial charge in [-0.25, -0.2) is 8.78 Å². The monoisotopic (exact) mass is 1010 g/mol. The van der Waals surface area contributed by atoms with E-state index in [1.807, 2.05) is 0 Å². The number of phenolic OH excluding ortho intramolecular Hbond substituents is 1. The first-order chi connectivity index (χ1) is 34.8. The maximum absolute atomic E-state index is 14.7. The number of phenols is 1. The molecular formula is C59H76F2N4O8. The van der Waals surface area contributed by atoms with Crippen LogP contribution >= 0.6 is 0 Å². The number of benzene rings is 3. The van der Waals surface area contributed by atoms with Crippen LogP contribution in [-0.2, 0) is 14.4 Å². The topological polar surface area (TPSA) is 187 Å². The van der Waals surface area contributed by atoms with Crippen molar-refractivity contribution in [2.75, 3.05) is 19.6 Å². The Morgan fingerprint density at radius 2 is 1.63 bits per heavy atom. The number of carbonyl (C=O) groups is 4. The van der Waals surface area contributed by atoms with E-state index in [1.165, 1.54) is 69.9 Å². The summed E-state index contributed by atoms with van der Waals surface area (Å²) in [4.78, 5) is 63.5. The van der Waals surface area contributed by atoms with Crippen molar-refractivity contribution in [2.24, 2.45) is 46.3 Å². The summed E-state index contributed by atoms with van der Waals surface area (Å²) < 4.78 is 35.1. The van der Waals surface area contributed by atoms with Crippen molar-refractivity contribution in [1.29, 1.82) is 0 Å². The normalized spacial score (nSPS) is 25.3. The van der Waals surface area contributed by atoms with Crippen LogP contribution < -0.4 is 26.7 Å². The number of allylic oxidation sites excluding steroid dienone is 1. The number of hydrogen-bond acceptors (Lipinski definition) is 8. The molecule has 0 aromatic heterocycles. The van der Waals surface area contributed by atoms with Crippen molar-refractivity contribution in [3.63, 3.8) is 0 Å². The Hall–Kier alpha value is -5.63. The van der Waals surface area contributed by atoms with E-state index in [2.05, 4.69) is 62.0 Å². The van der Waals surface area contributed by atoms with Gasteiger partial charge in [0.1, 0.15) is 17.4 Å². The van der Waals surface area contributed by atoms with Crippen molar-refractivity contribution in [3.8, 4) is 28.2 Å². The number of rotatable bonds is 20. The number of carboxylic acid groups (broad SMARTS) is 1. The largest absolute Gasteiger partial charge is 0.505 e. The van der Waals surface area contributed by atoms with Crippen LogP contribution in [0.1, 0.15) is 147 Å². The number of carbonyl (C=O) groups excluding carboxylic acids is 3. The molecule has 3 amide bonds. The molecule has 5 aliphatic carbocycles. The van der Waals surface area contributed by atoms with Gasteiger partial charge in [0.2, 0.25) is 17.2 Å². The first-order valence-electron chi connectivity index (χ1n) is 27.0. The maximum atomic E-state index is 14.7. The Bertz CT molecular complexity index is 2770. The van der Waals surface area contributed by atoms with E-state index in [0.717, 1.165) is 85.6 Å². The number of aromatic hydroxyl groups is 1. The third-order valence-corrected chi connectivity index (χ3v) is 17.9. The van der Waals surface area contributed by atoms with Gasteiger partial charge >= 0.3 is 5.97 Å². The van der Waals surface area contributed by atoms with Crippen LogP contribution in [0.15, 0.2) is 63.3 Å². The number of amides is 3. The summed E-state index contributed by atoms with van der Waals surface area (Å²) in [5.74, 6) is -0.499. The molecule has 394 valence electrons. The van der Waals surface area contributed by atoms with Crippen LogP contribution in [-0.4, -0.2) is 65.6 Å². The van der Waals surface area contributed by atoms with Gasteiger partial charge in [-0.15, -0.1) is 0 Å². The summed E-state index contributed by atoms with van der Waals surface area (Å²) in [6.07, 6.45) is 17.1. The van der Waals surface area contributed by atoms with Crippen LogP contribution in [0.5, 0.6) is 5.75 Å². The number of aliphatic carboxylic acids is 1. The minimum absolute atomic E-state index is 0.00400. The zero-order valence-corrected chi connectivity index (χ0v) is 43.6. The molecular weight excluding hydrogens is 931 g/mol. The zero-order chi connectivity index (χ0) is 52.4. The fourth-order valence-corrected chi connectivity index (χ4v) is 14.0. The molecule has 0 saturated heterocycles. The van der Waals surface area contributed by atoms with Gasteiger partial charge in [-0.3, -0.25) is 24.0 Å². The molecule has 2 aromatic rings. The molecule has 6 N–H and O–H groups in total. The number of halogens is 2. The second kappa shape index (κ2) is 22.5. The Labute approximate surface area is 428 Å². The predicted molar refractivity (Wildman–Crippen MR) is 279 cm³/mol. The van der Waals surface area contributed by atoms with Crippen molar-refractivity contribution in [2.45, 2.75) is 150 Å². The average molecular weight is 1010 g/mol. The summed E-state index contributed by atoms with van der Waals surface area (Å²) in [6, 6.07) is 7.73. The summed E-state index contributed by atoms with van der Waals surface area (Å²) >= 11 is 0. The lowest BCUT2D eigenvalue weighted by molar-refractivity contribution is -0.137.